The van der Waals surface area contributed by atoms with E-state index in [-0.39, 0.29) is 12.1 Å². The molecule has 0 N–H and O–H groups in total. The smallest absolute Gasteiger partial charge is 0.150 e. The van der Waals surface area contributed by atoms with E-state index in [1.807, 2.05) is 22.5 Å². The number of aryl methyl sites for hydroxylation is 1. The summed E-state index contributed by atoms with van der Waals surface area (Å²) in [5.41, 5.74) is 1.22. The van der Waals surface area contributed by atoms with Crippen molar-refractivity contribution in [3.8, 4) is 0 Å². The van der Waals surface area contributed by atoms with Crippen molar-refractivity contribution in [3.05, 3.63) is 30.1 Å². The number of rotatable bonds is 5. The van der Waals surface area contributed by atoms with Crippen molar-refractivity contribution in [2.45, 2.75) is 45.0 Å². The zero-order valence-corrected chi connectivity index (χ0v) is 13.7. The fourth-order valence-electron chi connectivity index (χ4n) is 3.05. The molecule has 1 saturated heterocycles. The summed E-state index contributed by atoms with van der Waals surface area (Å²) in [4.78, 5) is 2.40. The van der Waals surface area contributed by atoms with Crippen LogP contribution in [0.2, 0.25) is 0 Å². The van der Waals surface area contributed by atoms with Crippen molar-refractivity contribution in [3.63, 3.8) is 0 Å². The first kappa shape index (κ1) is 15.2. The van der Waals surface area contributed by atoms with Gasteiger partial charge in [-0.05, 0) is 20.3 Å². The molecular formula is C15H24N6O. The van der Waals surface area contributed by atoms with E-state index in [9.17, 15) is 0 Å². The van der Waals surface area contributed by atoms with Crippen molar-refractivity contribution in [1.82, 2.24) is 29.4 Å². The van der Waals surface area contributed by atoms with Crippen LogP contribution in [0.3, 0.4) is 0 Å². The van der Waals surface area contributed by atoms with Crippen LogP contribution in [0.25, 0.3) is 0 Å². The second-order valence-electron chi connectivity index (χ2n) is 6.26. The second-order valence-corrected chi connectivity index (χ2v) is 6.26. The predicted molar refractivity (Wildman–Crippen MR) is 82.2 cm³/mol. The fourth-order valence-corrected chi connectivity index (χ4v) is 3.05. The van der Waals surface area contributed by atoms with Gasteiger partial charge >= 0.3 is 0 Å². The average Bonchev–Trinajstić information content (AvgIpc) is 3.19. The van der Waals surface area contributed by atoms with Gasteiger partial charge in [0, 0.05) is 45.0 Å². The topological polar surface area (TPSA) is 61.0 Å². The Bertz CT molecular complexity index is 619. The molecule has 2 aromatic rings. The van der Waals surface area contributed by atoms with E-state index in [4.69, 9.17) is 4.74 Å². The molecular weight excluding hydrogens is 280 g/mol. The number of methoxy groups -OCH3 is 1. The maximum absolute atomic E-state index is 5.57. The van der Waals surface area contributed by atoms with Crippen molar-refractivity contribution >= 4 is 0 Å². The molecule has 2 atom stereocenters. The Morgan fingerprint density at radius 1 is 1.41 bits per heavy atom. The van der Waals surface area contributed by atoms with Crippen molar-refractivity contribution in [2.75, 3.05) is 13.7 Å². The van der Waals surface area contributed by atoms with Gasteiger partial charge in [0.25, 0.3) is 0 Å². The molecule has 22 heavy (non-hydrogen) atoms. The molecule has 1 aliphatic rings. The first-order chi connectivity index (χ1) is 10.6. The number of likely N-dealkylation sites (tertiary alicyclic amines) is 1. The molecule has 0 radical (unpaired) electrons. The quantitative estimate of drug-likeness (QED) is 0.839. The largest absolute Gasteiger partial charge is 0.380 e. The van der Waals surface area contributed by atoms with Crippen LogP contribution in [0.1, 0.15) is 43.7 Å². The average molecular weight is 304 g/mol. The Morgan fingerprint density at radius 2 is 2.23 bits per heavy atom. The van der Waals surface area contributed by atoms with Gasteiger partial charge in [-0.1, -0.05) is 0 Å². The highest BCUT2D eigenvalue weighted by atomic mass is 16.5. The number of aromatic nitrogens is 5. The molecule has 1 aliphatic heterocycles. The zero-order chi connectivity index (χ0) is 15.7. The normalized spacial score (nSPS) is 22.8. The van der Waals surface area contributed by atoms with E-state index >= 15 is 0 Å². The van der Waals surface area contributed by atoms with E-state index in [1.54, 1.807) is 13.4 Å². The molecule has 0 aromatic carbocycles. The van der Waals surface area contributed by atoms with Gasteiger partial charge in [0.05, 0.1) is 18.3 Å². The SMILES string of the molecule is CO[C@@H]1C[C@@H](c2nncn2C)N(Cc2cnn(C(C)C)c2)C1. The Balaban J connectivity index is 1.78. The van der Waals surface area contributed by atoms with Gasteiger partial charge in [0.1, 0.15) is 12.2 Å². The van der Waals surface area contributed by atoms with Crippen molar-refractivity contribution in [2.24, 2.45) is 7.05 Å². The third kappa shape index (κ3) is 2.91. The van der Waals surface area contributed by atoms with E-state index in [2.05, 4.69) is 40.2 Å². The minimum Gasteiger partial charge on any atom is -0.380 e. The second kappa shape index (κ2) is 6.18. The van der Waals surface area contributed by atoms with Gasteiger partial charge in [0.2, 0.25) is 0 Å². The maximum atomic E-state index is 5.57. The lowest BCUT2D eigenvalue weighted by Gasteiger charge is -2.22. The fraction of sp³-hybridized carbons (Fsp3) is 0.667. The molecule has 3 rings (SSSR count). The number of hydrogen-bond donors (Lipinski definition) is 0. The molecule has 0 amide bonds. The summed E-state index contributed by atoms with van der Waals surface area (Å²) in [5, 5.41) is 12.7. The molecule has 3 heterocycles. The Hall–Kier alpha value is -1.73. The minimum atomic E-state index is 0.236. The summed E-state index contributed by atoms with van der Waals surface area (Å²) < 4.78 is 9.56. The monoisotopic (exact) mass is 304 g/mol. The summed E-state index contributed by atoms with van der Waals surface area (Å²) in [6.07, 6.45) is 7.01. The summed E-state index contributed by atoms with van der Waals surface area (Å²) in [6.45, 7) is 6.02. The molecule has 2 aromatic heterocycles. The third-order valence-corrected chi connectivity index (χ3v) is 4.31. The molecule has 0 aliphatic carbocycles. The molecule has 0 unspecified atom stereocenters. The molecule has 7 heteroatoms. The summed E-state index contributed by atoms with van der Waals surface area (Å²) in [6, 6.07) is 0.619. The first-order valence-electron chi connectivity index (χ1n) is 7.72. The number of nitrogens with zero attached hydrogens (tertiary/aromatic N) is 6. The Labute approximate surface area is 130 Å². The molecule has 0 saturated carbocycles. The van der Waals surface area contributed by atoms with Crippen LogP contribution in [0.4, 0.5) is 0 Å². The number of hydrogen-bond acceptors (Lipinski definition) is 5. The van der Waals surface area contributed by atoms with Crippen LogP contribution in [-0.4, -0.2) is 49.2 Å². The van der Waals surface area contributed by atoms with Crippen LogP contribution in [0, 0.1) is 0 Å². The molecule has 0 bridgehead atoms. The third-order valence-electron chi connectivity index (χ3n) is 4.31. The lowest BCUT2D eigenvalue weighted by atomic mass is 10.2. The van der Waals surface area contributed by atoms with Gasteiger partial charge in [-0.25, -0.2) is 0 Å². The summed E-state index contributed by atoms with van der Waals surface area (Å²) >= 11 is 0. The Kier molecular flexibility index (Phi) is 4.26. The van der Waals surface area contributed by atoms with Gasteiger partial charge in [-0.2, -0.15) is 5.10 Å². The molecule has 1 fully saturated rings. The van der Waals surface area contributed by atoms with E-state index in [0.717, 1.165) is 25.3 Å². The highest BCUT2D eigenvalue weighted by Gasteiger charge is 2.35. The number of ether oxygens (including phenoxy) is 1. The maximum Gasteiger partial charge on any atom is 0.150 e. The van der Waals surface area contributed by atoms with Crippen molar-refractivity contribution < 1.29 is 4.74 Å². The lowest BCUT2D eigenvalue weighted by molar-refractivity contribution is 0.107. The molecule has 7 nitrogen and oxygen atoms in total. The zero-order valence-electron chi connectivity index (χ0n) is 13.7. The van der Waals surface area contributed by atoms with Crippen LogP contribution < -0.4 is 0 Å². The van der Waals surface area contributed by atoms with Crippen LogP contribution >= 0.6 is 0 Å². The van der Waals surface area contributed by atoms with Crippen LogP contribution in [0.5, 0.6) is 0 Å². The highest BCUT2D eigenvalue weighted by molar-refractivity contribution is 5.08. The van der Waals surface area contributed by atoms with E-state index in [1.165, 1.54) is 5.56 Å². The highest BCUT2D eigenvalue weighted by Crippen LogP contribution is 2.33. The first-order valence-corrected chi connectivity index (χ1v) is 7.72. The molecule has 120 valence electrons. The summed E-state index contributed by atoms with van der Waals surface area (Å²) in [5.74, 6) is 0.996. The predicted octanol–water partition coefficient (Wildman–Crippen LogP) is 1.55. The Morgan fingerprint density at radius 3 is 2.82 bits per heavy atom. The van der Waals surface area contributed by atoms with Crippen molar-refractivity contribution in [1.29, 1.82) is 0 Å². The van der Waals surface area contributed by atoms with E-state index < -0.39 is 0 Å². The minimum absolute atomic E-state index is 0.236. The van der Waals surface area contributed by atoms with Gasteiger partial charge < -0.3 is 9.30 Å². The van der Waals surface area contributed by atoms with Gasteiger partial charge in [-0.15, -0.1) is 10.2 Å². The van der Waals surface area contributed by atoms with Crippen LogP contribution in [0.15, 0.2) is 18.7 Å². The van der Waals surface area contributed by atoms with Gasteiger partial charge in [-0.3, -0.25) is 9.58 Å². The standard InChI is InChI=1S/C15H24N6O/c1-11(2)21-8-12(6-17-21)7-20-9-13(22-4)5-14(20)15-18-16-10-19(15)3/h6,8,10-11,13-14H,5,7,9H2,1-4H3/t13-,14+/m1/s1. The van der Waals surface area contributed by atoms with Gasteiger partial charge in [0.15, 0.2) is 0 Å². The lowest BCUT2D eigenvalue weighted by Crippen LogP contribution is -2.26. The van der Waals surface area contributed by atoms with Crippen LogP contribution in [-0.2, 0) is 18.3 Å². The molecule has 0 spiro atoms. The summed E-state index contributed by atoms with van der Waals surface area (Å²) in [7, 11) is 3.77. The van der Waals surface area contributed by atoms with E-state index in [0.29, 0.717) is 6.04 Å².